The third kappa shape index (κ3) is 2.38. The Morgan fingerprint density at radius 2 is 2.15 bits per heavy atom. The average Bonchev–Trinajstić information content (AvgIpc) is 2.03. The Kier molecular flexibility index (Phi) is 2.76. The van der Waals surface area contributed by atoms with Gasteiger partial charge in [-0.25, -0.2) is 0 Å². The summed E-state index contributed by atoms with van der Waals surface area (Å²) in [6.45, 7) is 3.80. The summed E-state index contributed by atoms with van der Waals surface area (Å²) in [4.78, 5) is 0. The van der Waals surface area contributed by atoms with Crippen LogP contribution < -0.4 is 4.74 Å². The minimum absolute atomic E-state index is 0.0411. The van der Waals surface area contributed by atoms with Crippen LogP contribution in [0.5, 0.6) is 11.5 Å². The normalized spacial score (nSPS) is 9.69. The number of ether oxygens (including phenoxy) is 1. The van der Waals surface area contributed by atoms with E-state index in [9.17, 15) is 5.11 Å². The van der Waals surface area contributed by atoms with Crippen LogP contribution in [-0.4, -0.2) is 11.2 Å². The second-order valence-electron chi connectivity index (χ2n) is 2.96. The Morgan fingerprint density at radius 3 is 2.62 bits per heavy atom. The molecule has 1 rings (SSSR count). The molecule has 1 aromatic carbocycles. The number of hydrogen-bond acceptors (Lipinski definition) is 3. The predicted octanol–water partition coefficient (Wildman–Crippen LogP) is 2.05. The van der Waals surface area contributed by atoms with E-state index in [1.807, 2.05) is 19.9 Å². The smallest absolute Gasteiger partial charge is 0.137 e. The van der Waals surface area contributed by atoms with Crippen LogP contribution in [0, 0.1) is 11.3 Å². The number of aromatic hydroxyl groups is 1. The van der Waals surface area contributed by atoms with Gasteiger partial charge in [-0.1, -0.05) is 0 Å². The van der Waals surface area contributed by atoms with E-state index in [0.29, 0.717) is 5.75 Å². The molecule has 68 valence electrons. The lowest BCUT2D eigenvalue weighted by atomic mass is 10.2. The molecule has 0 saturated carbocycles. The van der Waals surface area contributed by atoms with Crippen LogP contribution in [0.2, 0.25) is 0 Å². The fourth-order valence-electron chi connectivity index (χ4n) is 0.951. The summed E-state index contributed by atoms with van der Waals surface area (Å²) in [7, 11) is 0. The van der Waals surface area contributed by atoms with Crippen molar-refractivity contribution < 1.29 is 9.84 Å². The molecule has 0 fully saturated rings. The Hall–Kier alpha value is -1.69. The van der Waals surface area contributed by atoms with Crippen molar-refractivity contribution in [1.82, 2.24) is 0 Å². The Balaban J connectivity index is 2.91. The van der Waals surface area contributed by atoms with Crippen LogP contribution >= 0.6 is 0 Å². The molecule has 3 heteroatoms. The number of hydrogen-bond donors (Lipinski definition) is 1. The average molecular weight is 177 g/mol. The van der Waals surface area contributed by atoms with Gasteiger partial charge in [0.2, 0.25) is 0 Å². The first-order chi connectivity index (χ1) is 6.13. The molecule has 0 aliphatic rings. The fourth-order valence-corrected chi connectivity index (χ4v) is 0.951. The van der Waals surface area contributed by atoms with Gasteiger partial charge in [0.15, 0.2) is 0 Å². The summed E-state index contributed by atoms with van der Waals surface area (Å²) >= 11 is 0. The van der Waals surface area contributed by atoms with Crippen LogP contribution in [0.15, 0.2) is 18.2 Å². The predicted molar refractivity (Wildman–Crippen MR) is 48.6 cm³/mol. The SMILES string of the molecule is CC(C)Oc1ccc(C#N)c(O)c1. The first kappa shape index (κ1) is 9.40. The molecule has 0 bridgehead atoms. The van der Waals surface area contributed by atoms with Crippen molar-refractivity contribution in [3.8, 4) is 17.6 Å². The van der Waals surface area contributed by atoms with Gasteiger partial charge in [-0.2, -0.15) is 5.26 Å². The third-order valence-electron chi connectivity index (χ3n) is 1.46. The van der Waals surface area contributed by atoms with E-state index in [1.54, 1.807) is 6.07 Å². The summed E-state index contributed by atoms with van der Waals surface area (Å²) in [5.74, 6) is 0.534. The number of nitriles is 1. The van der Waals surface area contributed by atoms with Gasteiger partial charge in [0, 0.05) is 6.07 Å². The second-order valence-corrected chi connectivity index (χ2v) is 2.96. The van der Waals surface area contributed by atoms with Gasteiger partial charge in [-0.15, -0.1) is 0 Å². The lowest BCUT2D eigenvalue weighted by Gasteiger charge is -2.09. The van der Waals surface area contributed by atoms with Gasteiger partial charge >= 0.3 is 0 Å². The maximum atomic E-state index is 9.30. The number of phenolic OH excluding ortho intramolecular Hbond substituents is 1. The largest absolute Gasteiger partial charge is 0.506 e. The molecule has 0 radical (unpaired) electrons. The molecule has 0 heterocycles. The van der Waals surface area contributed by atoms with E-state index >= 15 is 0 Å². The summed E-state index contributed by atoms with van der Waals surface area (Å²) < 4.78 is 5.33. The van der Waals surface area contributed by atoms with Crippen molar-refractivity contribution in [3.05, 3.63) is 23.8 Å². The summed E-state index contributed by atoms with van der Waals surface area (Å²) in [5.41, 5.74) is 0.260. The summed E-state index contributed by atoms with van der Waals surface area (Å²) in [6, 6.07) is 6.51. The molecule has 1 aromatic rings. The topological polar surface area (TPSA) is 53.2 Å². The zero-order valence-corrected chi connectivity index (χ0v) is 7.61. The van der Waals surface area contributed by atoms with Gasteiger partial charge in [0.1, 0.15) is 17.6 Å². The van der Waals surface area contributed by atoms with Crippen LogP contribution in [0.3, 0.4) is 0 Å². The monoisotopic (exact) mass is 177 g/mol. The van der Waals surface area contributed by atoms with E-state index in [-0.39, 0.29) is 17.4 Å². The number of rotatable bonds is 2. The maximum absolute atomic E-state index is 9.30. The van der Waals surface area contributed by atoms with Crippen LogP contribution in [0.1, 0.15) is 19.4 Å². The molecule has 0 amide bonds. The first-order valence-electron chi connectivity index (χ1n) is 4.03. The Labute approximate surface area is 77.2 Å². The number of nitrogens with zero attached hydrogens (tertiary/aromatic N) is 1. The van der Waals surface area contributed by atoms with Crippen molar-refractivity contribution in [2.75, 3.05) is 0 Å². The van der Waals surface area contributed by atoms with Crippen molar-refractivity contribution in [2.45, 2.75) is 20.0 Å². The summed E-state index contributed by atoms with van der Waals surface area (Å²) in [5, 5.41) is 17.8. The zero-order chi connectivity index (χ0) is 9.84. The highest BCUT2D eigenvalue weighted by Gasteiger charge is 2.03. The fraction of sp³-hybridized carbons (Fsp3) is 0.300. The number of benzene rings is 1. The van der Waals surface area contributed by atoms with E-state index in [1.165, 1.54) is 12.1 Å². The molecule has 13 heavy (non-hydrogen) atoms. The highest BCUT2D eigenvalue weighted by molar-refractivity contribution is 5.46. The van der Waals surface area contributed by atoms with Gasteiger partial charge < -0.3 is 9.84 Å². The molecule has 0 aromatic heterocycles. The Morgan fingerprint density at radius 1 is 1.46 bits per heavy atom. The lowest BCUT2D eigenvalue weighted by Crippen LogP contribution is -2.05. The van der Waals surface area contributed by atoms with Crippen molar-refractivity contribution in [2.24, 2.45) is 0 Å². The highest BCUT2D eigenvalue weighted by atomic mass is 16.5. The van der Waals surface area contributed by atoms with E-state index in [4.69, 9.17) is 10.00 Å². The Bertz CT molecular complexity index is 339. The molecule has 0 spiro atoms. The summed E-state index contributed by atoms with van der Waals surface area (Å²) in [6.07, 6.45) is 0.0623. The molecular weight excluding hydrogens is 166 g/mol. The van der Waals surface area contributed by atoms with Gasteiger partial charge in [0.05, 0.1) is 11.7 Å². The van der Waals surface area contributed by atoms with Gasteiger partial charge in [-0.3, -0.25) is 0 Å². The van der Waals surface area contributed by atoms with Crippen molar-refractivity contribution in [3.63, 3.8) is 0 Å². The maximum Gasteiger partial charge on any atom is 0.137 e. The highest BCUT2D eigenvalue weighted by Crippen LogP contribution is 2.23. The van der Waals surface area contributed by atoms with Gasteiger partial charge in [0.25, 0.3) is 0 Å². The number of phenols is 1. The van der Waals surface area contributed by atoms with E-state index in [2.05, 4.69) is 0 Å². The minimum Gasteiger partial charge on any atom is -0.506 e. The molecule has 0 aliphatic carbocycles. The zero-order valence-electron chi connectivity index (χ0n) is 7.61. The molecule has 1 N–H and O–H groups in total. The molecular formula is C10H11NO2. The van der Waals surface area contributed by atoms with E-state index < -0.39 is 0 Å². The second kappa shape index (κ2) is 3.81. The van der Waals surface area contributed by atoms with Crippen molar-refractivity contribution >= 4 is 0 Å². The van der Waals surface area contributed by atoms with Gasteiger partial charge in [-0.05, 0) is 26.0 Å². The van der Waals surface area contributed by atoms with Crippen LogP contribution in [0.4, 0.5) is 0 Å². The van der Waals surface area contributed by atoms with E-state index in [0.717, 1.165) is 0 Å². The quantitative estimate of drug-likeness (QED) is 0.752. The lowest BCUT2D eigenvalue weighted by molar-refractivity contribution is 0.241. The molecule has 0 unspecified atom stereocenters. The van der Waals surface area contributed by atoms with Crippen molar-refractivity contribution in [1.29, 1.82) is 5.26 Å². The standard InChI is InChI=1S/C10H11NO2/c1-7(2)13-9-4-3-8(6-11)10(12)5-9/h3-5,7,12H,1-2H3. The molecule has 0 saturated heterocycles. The molecule has 0 atom stereocenters. The minimum atomic E-state index is -0.0411. The molecule has 3 nitrogen and oxygen atoms in total. The molecule has 0 aliphatic heterocycles. The van der Waals surface area contributed by atoms with Crippen LogP contribution in [-0.2, 0) is 0 Å². The first-order valence-corrected chi connectivity index (χ1v) is 4.03. The van der Waals surface area contributed by atoms with Crippen LogP contribution in [0.25, 0.3) is 0 Å². The third-order valence-corrected chi connectivity index (χ3v) is 1.46.